The number of carboxylic acid groups (broad SMARTS) is 1. The number of hydrogen-bond donors (Lipinski definition) is 1. The van der Waals surface area contributed by atoms with Crippen LogP contribution in [-0.2, 0) is 4.79 Å². The summed E-state index contributed by atoms with van der Waals surface area (Å²) in [6.07, 6.45) is 2.84. The maximum atomic E-state index is 9.80. The van der Waals surface area contributed by atoms with E-state index in [1.54, 1.807) is 0 Å². The third kappa shape index (κ3) is 10.2. The van der Waals surface area contributed by atoms with Crippen LogP contribution in [0.4, 0.5) is 0 Å². The van der Waals surface area contributed by atoms with Crippen molar-refractivity contribution >= 4 is 5.97 Å². The van der Waals surface area contributed by atoms with Gasteiger partial charge in [-0.05, 0) is 12.5 Å². The topological polar surface area (TPSA) is 60.4 Å². The Morgan fingerprint density at radius 1 is 1.73 bits per heavy atom. The van der Waals surface area contributed by atoms with Gasteiger partial charge < -0.3 is 15.0 Å². The smallest absolute Gasteiger partial charge is 0.545 e. The Balaban J connectivity index is 0. The Kier molecular flexibility index (Phi) is 10.3. The van der Waals surface area contributed by atoms with Crippen molar-refractivity contribution in [2.45, 2.75) is 25.9 Å². The molecule has 0 aromatic carbocycles. The summed E-state index contributed by atoms with van der Waals surface area (Å²) in [5.74, 6) is -1.27. The molecule has 0 spiro atoms. The largest absolute Gasteiger partial charge is 1.00 e. The van der Waals surface area contributed by atoms with E-state index in [2.05, 4.69) is 0 Å². The van der Waals surface area contributed by atoms with E-state index in [-0.39, 0.29) is 29.6 Å². The van der Waals surface area contributed by atoms with Crippen LogP contribution in [0.15, 0.2) is 12.2 Å². The summed E-state index contributed by atoms with van der Waals surface area (Å²) in [5, 5.41) is 18.7. The number of aliphatic hydroxyl groups is 1. The zero-order valence-electron chi connectivity index (χ0n) is 6.91. The summed E-state index contributed by atoms with van der Waals surface area (Å²) in [4.78, 5) is 9.80. The second-order valence-electron chi connectivity index (χ2n) is 2.03. The molecule has 0 amide bonds. The first kappa shape index (κ1) is 13.7. The molecule has 0 aliphatic carbocycles. The van der Waals surface area contributed by atoms with Gasteiger partial charge in [-0.1, -0.05) is 19.4 Å². The van der Waals surface area contributed by atoms with Gasteiger partial charge >= 0.3 is 29.6 Å². The first-order chi connectivity index (χ1) is 4.66. The quantitative estimate of drug-likeness (QED) is 0.347. The molecule has 11 heavy (non-hydrogen) atoms. The maximum Gasteiger partial charge on any atom is 1.00 e. The third-order valence-electron chi connectivity index (χ3n) is 1.04. The van der Waals surface area contributed by atoms with Crippen LogP contribution in [-0.4, -0.2) is 17.2 Å². The molecule has 4 heteroatoms. The van der Waals surface area contributed by atoms with E-state index in [0.717, 1.165) is 12.5 Å². The van der Waals surface area contributed by atoms with Crippen molar-refractivity contribution in [3.8, 4) is 0 Å². The molecular formula is C7H11NaO3. The minimum Gasteiger partial charge on any atom is -0.545 e. The maximum absolute atomic E-state index is 9.80. The number of aliphatic carboxylic acids is 1. The number of rotatable bonds is 4. The van der Waals surface area contributed by atoms with E-state index in [4.69, 9.17) is 5.11 Å². The van der Waals surface area contributed by atoms with Gasteiger partial charge in [-0.2, -0.15) is 0 Å². The molecule has 0 fully saturated rings. The molecule has 0 heterocycles. The normalized spacial score (nSPS) is 12.5. The van der Waals surface area contributed by atoms with Gasteiger partial charge in [0.25, 0.3) is 0 Å². The number of aliphatic hydroxyl groups excluding tert-OH is 1. The van der Waals surface area contributed by atoms with Gasteiger partial charge in [0.1, 0.15) is 0 Å². The second kappa shape index (κ2) is 8.27. The summed E-state index contributed by atoms with van der Waals surface area (Å²) in [6.45, 7) is 1.91. The second-order valence-corrected chi connectivity index (χ2v) is 2.03. The summed E-state index contributed by atoms with van der Waals surface area (Å²) < 4.78 is 0. The number of carbonyl (C=O) groups excluding carboxylic acids is 1. The summed E-state index contributed by atoms with van der Waals surface area (Å²) in [6, 6.07) is 0. The Morgan fingerprint density at radius 3 is 2.64 bits per heavy atom. The third-order valence-corrected chi connectivity index (χ3v) is 1.04. The molecule has 0 aliphatic rings. The monoisotopic (exact) mass is 166 g/mol. The Morgan fingerprint density at radius 2 is 2.27 bits per heavy atom. The van der Waals surface area contributed by atoms with Crippen LogP contribution in [0.5, 0.6) is 0 Å². The predicted octanol–water partition coefficient (Wildman–Crippen LogP) is -3.54. The van der Waals surface area contributed by atoms with Crippen molar-refractivity contribution in [2.75, 3.05) is 0 Å². The number of carboxylic acids is 1. The minimum atomic E-state index is -1.27. The van der Waals surface area contributed by atoms with Gasteiger partial charge in [0.05, 0.1) is 12.1 Å². The van der Waals surface area contributed by atoms with Crippen LogP contribution >= 0.6 is 0 Å². The molecule has 1 unspecified atom stereocenters. The van der Waals surface area contributed by atoms with Crippen LogP contribution in [0.25, 0.3) is 0 Å². The average Bonchev–Trinajstić information content (AvgIpc) is 1.85. The van der Waals surface area contributed by atoms with E-state index >= 15 is 0 Å². The van der Waals surface area contributed by atoms with Gasteiger partial charge in [-0.3, -0.25) is 0 Å². The number of carbonyl (C=O) groups is 1. The van der Waals surface area contributed by atoms with E-state index < -0.39 is 12.1 Å². The Bertz CT molecular complexity index is 134. The van der Waals surface area contributed by atoms with Crippen molar-refractivity contribution in [3.05, 3.63) is 12.2 Å². The fourth-order valence-corrected chi connectivity index (χ4v) is 0.582. The van der Waals surface area contributed by atoms with Crippen molar-refractivity contribution < 1.29 is 44.6 Å². The summed E-state index contributed by atoms with van der Waals surface area (Å²) >= 11 is 0. The van der Waals surface area contributed by atoms with E-state index in [1.807, 2.05) is 6.92 Å². The molecule has 0 aromatic heterocycles. The summed E-state index contributed by atoms with van der Waals surface area (Å²) in [7, 11) is 0. The molecule has 1 atom stereocenters. The van der Waals surface area contributed by atoms with Crippen LogP contribution in [0.2, 0.25) is 0 Å². The molecule has 0 saturated carbocycles. The molecule has 0 aliphatic heterocycles. The van der Waals surface area contributed by atoms with Crippen molar-refractivity contribution in [2.24, 2.45) is 0 Å². The summed E-state index contributed by atoms with van der Waals surface area (Å²) in [5.41, 5.74) is 0. The predicted molar refractivity (Wildman–Crippen MR) is 35.1 cm³/mol. The molecule has 0 radical (unpaired) electrons. The van der Waals surface area contributed by atoms with Gasteiger partial charge in [-0.25, -0.2) is 0 Å². The van der Waals surface area contributed by atoms with Gasteiger partial charge in [0, 0.05) is 0 Å². The molecule has 3 nitrogen and oxygen atoms in total. The average molecular weight is 166 g/mol. The van der Waals surface area contributed by atoms with Crippen LogP contribution < -0.4 is 34.7 Å². The van der Waals surface area contributed by atoms with E-state index in [0.29, 0.717) is 6.42 Å². The SMILES string of the molecule is CCCC(O)C=CC(=O)[O-].[Na+]. The molecule has 0 rings (SSSR count). The van der Waals surface area contributed by atoms with Crippen molar-refractivity contribution in [1.29, 1.82) is 0 Å². The van der Waals surface area contributed by atoms with Crippen LogP contribution in [0.3, 0.4) is 0 Å². The molecule has 1 N–H and O–H groups in total. The van der Waals surface area contributed by atoms with Gasteiger partial charge in [0.15, 0.2) is 0 Å². The van der Waals surface area contributed by atoms with E-state index in [9.17, 15) is 9.90 Å². The van der Waals surface area contributed by atoms with Crippen molar-refractivity contribution in [1.82, 2.24) is 0 Å². The van der Waals surface area contributed by atoms with E-state index in [1.165, 1.54) is 6.08 Å². The van der Waals surface area contributed by atoms with Gasteiger partial charge in [-0.15, -0.1) is 0 Å². The molecule has 0 aromatic rings. The fourth-order valence-electron chi connectivity index (χ4n) is 0.582. The minimum absolute atomic E-state index is 0. The molecule has 0 bridgehead atoms. The van der Waals surface area contributed by atoms with Crippen LogP contribution in [0, 0.1) is 0 Å². The standard InChI is InChI=1S/C7H12O3.Na/c1-2-3-6(8)4-5-7(9)10;/h4-6,8H,2-3H2,1H3,(H,9,10);/q;+1/p-1. The molecule has 58 valence electrons. The first-order valence-electron chi connectivity index (χ1n) is 3.24. The van der Waals surface area contributed by atoms with Crippen molar-refractivity contribution in [3.63, 3.8) is 0 Å². The number of hydrogen-bond acceptors (Lipinski definition) is 3. The van der Waals surface area contributed by atoms with Crippen LogP contribution in [0.1, 0.15) is 19.8 Å². The zero-order valence-corrected chi connectivity index (χ0v) is 8.91. The Labute approximate surface area is 88.4 Å². The molecule has 0 saturated heterocycles. The Hall–Kier alpha value is 0.170. The fraction of sp³-hybridized carbons (Fsp3) is 0.571. The van der Waals surface area contributed by atoms with Gasteiger partial charge in [0.2, 0.25) is 0 Å². The molecular weight excluding hydrogens is 155 g/mol. The zero-order chi connectivity index (χ0) is 7.98. The first-order valence-corrected chi connectivity index (χ1v) is 3.24.